The Bertz CT molecular complexity index is 1110. The molecule has 0 bridgehead atoms. The van der Waals surface area contributed by atoms with Gasteiger partial charge in [0.1, 0.15) is 0 Å². The first-order valence-corrected chi connectivity index (χ1v) is 9.22. The summed E-state index contributed by atoms with van der Waals surface area (Å²) in [4.78, 5) is 47.3. The lowest BCUT2D eigenvalue weighted by molar-refractivity contribution is -0.147. The molecule has 0 aliphatic rings. The first-order chi connectivity index (χ1) is 14.4. The van der Waals surface area contributed by atoms with Gasteiger partial charge < -0.3 is 15.4 Å². The largest absolute Gasteiger partial charge is 0.456 e. The molecule has 0 spiro atoms. The Balaban J connectivity index is 1.40. The number of para-hydroxylation sites is 1. The van der Waals surface area contributed by atoms with E-state index in [0.29, 0.717) is 16.6 Å². The average Bonchev–Trinajstić information content (AvgIpc) is 3.16. The minimum absolute atomic E-state index is 0.0428. The summed E-state index contributed by atoms with van der Waals surface area (Å²) in [6.45, 7) is 0.998. The number of aromatic nitrogens is 2. The van der Waals surface area contributed by atoms with Crippen molar-refractivity contribution in [2.75, 3.05) is 18.5 Å². The summed E-state index contributed by atoms with van der Waals surface area (Å²) < 4.78 is 4.91. The van der Waals surface area contributed by atoms with Crippen LogP contribution < -0.4 is 10.6 Å². The van der Waals surface area contributed by atoms with E-state index in [0.717, 1.165) is 5.52 Å². The number of carbonyl (C=O) groups is 4. The van der Waals surface area contributed by atoms with Gasteiger partial charge in [0.05, 0.1) is 11.9 Å². The summed E-state index contributed by atoms with van der Waals surface area (Å²) in [5.74, 6) is -1.70. The summed E-state index contributed by atoms with van der Waals surface area (Å²) in [6, 6.07) is 13.6. The van der Waals surface area contributed by atoms with Gasteiger partial charge in [0.25, 0.3) is 11.8 Å². The van der Waals surface area contributed by atoms with Crippen LogP contribution in [0.5, 0.6) is 0 Å². The molecule has 154 valence electrons. The fourth-order valence-electron chi connectivity index (χ4n) is 2.73. The van der Waals surface area contributed by atoms with Crippen LogP contribution in [-0.4, -0.2) is 46.9 Å². The number of H-pyrrole nitrogens is 1. The number of nitrogens with one attached hydrogen (secondary N) is 3. The molecular formula is C21H20N4O5. The number of carbonyl (C=O) groups excluding carboxylic acids is 4. The van der Waals surface area contributed by atoms with Gasteiger partial charge in [0, 0.05) is 23.2 Å². The quantitative estimate of drug-likeness (QED) is 0.386. The van der Waals surface area contributed by atoms with E-state index in [-0.39, 0.29) is 24.4 Å². The third-order valence-electron chi connectivity index (χ3n) is 4.22. The topological polar surface area (TPSA) is 130 Å². The Kier molecular flexibility index (Phi) is 6.53. The molecular weight excluding hydrogens is 388 g/mol. The lowest BCUT2D eigenvalue weighted by atomic mass is 10.1. The molecule has 30 heavy (non-hydrogen) atoms. The van der Waals surface area contributed by atoms with Crippen molar-refractivity contribution in [3.05, 3.63) is 59.8 Å². The lowest BCUT2D eigenvalue weighted by Gasteiger charge is -2.08. The van der Waals surface area contributed by atoms with Crippen LogP contribution in [0.2, 0.25) is 0 Å². The number of aromatic amines is 1. The SMILES string of the molecule is CC(=O)c1cccc(NC(=O)COC(=O)CCNC(=O)c2n[nH]c3ccccc23)c1. The van der Waals surface area contributed by atoms with E-state index in [1.165, 1.54) is 13.0 Å². The highest BCUT2D eigenvalue weighted by Crippen LogP contribution is 2.14. The van der Waals surface area contributed by atoms with Crippen molar-refractivity contribution in [2.24, 2.45) is 0 Å². The number of hydrogen-bond acceptors (Lipinski definition) is 6. The molecule has 0 saturated carbocycles. The highest BCUT2D eigenvalue weighted by atomic mass is 16.5. The molecule has 0 aliphatic carbocycles. The first-order valence-electron chi connectivity index (χ1n) is 9.22. The number of hydrogen-bond donors (Lipinski definition) is 3. The first kappa shape index (κ1) is 20.7. The van der Waals surface area contributed by atoms with Crippen LogP contribution in [0.1, 0.15) is 34.2 Å². The second kappa shape index (κ2) is 9.46. The maximum absolute atomic E-state index is 12.2. The summed E-state index contributed by atoms with van der Waals surface area (Å²) >= 11 is 0. The number of fused-ring (bicyclic) bond motifs is 1. The van der Waals surface area contributed by atoms with Crippen molar-refractivity contribution >= 4 is 40.2 Å². The van der Waals surface area contributed by atoms with Gasteiger partial charge in [-0.1, -0.05) is 30.3 Å². The van der Waals surface area contributed by atoms with E-state index < -0.39 is 24.4 Å². The molecule has 0 unspecified atom stereocenters. The molecule has 3 N–H and O–H groups in total. The van der Waals surface area contributed by atoms with E-state index >= 15 is 0 Å². The van der Waals surface area contributed by atoms with Gasteiger partial charge in [-0.3, -0.25) is 24.3 Å². The zero-order chi connectivity index (χ0) is 21.5. The van der Waals surface area contributed by atoms with Crippen LogP contribution in [0.3, 0.4) is 0 Å². The van der Waals surface area contributed by atoms with E-state index in [4.69, 9.17) is 4.74 Å². The third-order valence-corrected chi connectivity index (χ3v) is 4.22. The highest BCUT2D eigenvalue weighted by Gasteiger charge is 2.14. The molecule has 0 saturated heterocycles. The summed E-state index contributed by atoms with van der Waals surface area (Å²) in [7, 11) is 0. The number of Topliss-reactive ketones (excluding diaryl/α,β-unsaturated/α-hetero) is 1. The molecule has 0 radical (unpaired) electrons. The highest BCUT2D eigenvalue weighted by molar-refractivity contribution is 6.04. The van der Waals surface area contributed by atoms with Crippen molar-refractivity contribution in [3.8, 4) is 0 Å². The Morgan fingerprint density at radius 1 is 1.07 bits per heavy atom. The molecule has 0 fully saturated rings. The van der Waals surface area contributed by atoms with Crippen LogP contribution >= 0.6 is 0 Å². The molecule has 3 rings (SSSR count). The van der Waals surface area contributed by atoms with Gasteiger partial charge in [0.2, 0.25) is 0 Å². The molecule has 1 aromatic heterocycles. The van der Waals surface area contributed by atoms with Gasteiger partial charge >= 0.3 is 5.97 Å². The van der Waals surface area contributed by atoms with Gasteiger partial charge in [-0.25, -0.2) is 0 Å². The summed E-state index contributed by atoms with van der Waals surface area (Å²) in [6.07, 6.45) is -0.0960. The minimum atomic E-state index is -0.630. The number of nitrogens with zero attached hydrogens (tertiary/aromatic N) is 1. The third kappa shape index (κ3) is 5.28. The maximum atomic E-state index is 12.2. The molecule has 3 aromatic rings. The molecule has 2 amide bonds. The van der Waals surface area contributed by atoms with E-state index in [2.05, 4.69) is 20.8 Å². The number of amides is 2. The van der Waals surface area contributed by atoms with Crippen LogP contribution in [-0.2, 0) is 14.3 Å². The van der Waals surface area contributed by atoms with Crippen molar-refractivity contribution in [3.63, 3.8) is 0 Å². The number of rotatable bonds is 8. The van der Waals surface area contributed by atoms with Gasteiger partial charge in [-0.05, 0) is 25.1 Å². The fourth-order valence-corrected chi connectivity index (χ4v) is 2.73. The molecule has 2 aromatic carbocycles. The summed E-state index contributed by atoms with van der Waals surface area (Å²) in [5.41, 5.74) is 1.88. The number of esters is 1. The second-order valence-electron chi connectivity index (χ2n) is 6.47. The predicted molar refractivity (Wildman–Crippen MR) is 109 cm³/mol. The molecule has 0 aliphatic heterocycles. The lowest BCUT2D eigenvalue weighted by Crippen LogP contribution is -2.28. The molecule has 9 heteroatoms. The van der Waals surface area contributed by atoms with Crippen LogP contribution in [0.25, 0.3) is 10.9 Å². The Hall–Kier alpha value is -4.01. The Labute approximate surface area is 171 Å². The summed E-state index contributed by atoms with van der Waals surface area (Å²) in [5, 5.41) is 12.6. The van der Waals surface area contributed by atoms with Crippen LogP contribution in [0.4, 0.5) is 5.69 Å². The monoisotopic (exact) mass is 408 g/mol. The number of ketones is 1. The normalized spacial score (nSPS) is 10.4. The maximum Gasteiger partial charge on any atom is 0.308 e. The minimum Gasteiger partial charge on any atom is -0.456 e. The molecule has 0 atom stereocenters. The van der Waals surface area contributed by atoms with Gasteiger partial charge in [0.15, 0.2) is 18.1 Å². The zero-order valence-corrected chi connectivity index (χ0v) is 16.2. The van der Waals surface area contributed by atoms with Gasteiger partial charge in [-0.15, -0.1) is 0 Å². The average molecular weight is 408 g/mol. The van der Waals surface area contributed by atoms with E-state index in [9.17, 15) is 19.2 Å². The standard InChI is InChI=1S/C21H20N4O5/c1-13(26)14-5-4-6-15(11-14)23-18(27)12-30-19(28)9-10-22-21(29)20-16-7-2-3-8-17(16)24-25-20/h2-8,11H,9-10,12H2,1H3,(H,22,29)(H,23,27)(H,24,25). The van der Waals surface area contributed by atoms with Crippen LogP contribution in [0, 0.1) is 0 Å². The van der Waals surface area contributed by atoms with Gasteiger partial charge in [-0.2, -0.15) is 5.10 Å². The van der Waals surface area contributed by atoms with E-state index in [1.807, 2.05) is 6.07 Å². The zero-order valence-electron chi connectivity index (χ0n) is 16.2. The predicted octanol–water partition coefficient (Wildman–Crippen LogP) is 2.07. The number of anilines is 1. The Morgan fingerprint density at radius 3 is 2.67 bits per heavy atom. The fraction of sp³-hybridized carbons (Fsp3) is 0.190. The Morgan fingerprint density at radius 2 is 1.87 bits per heavy atom. The molecule has 9 nitrogen and oxygen atoms in total. The van der Waals surface area contributed by atoms with Crippen molar-refractivity contribution in [2.45, 2.75) is 13.3 Å². The number of ether oxygens (including phenoxy) is 1. The van der Waals surface area contributed by atoms with Crippen molar-refractivity contribution < 1.29 is 23.9 Å². The van der Waals surface area contributed by atoms with Crippen molar-refractivity contribution in [1.82, 2.24) is 15.5 Å². The smallest absolute Gasteiger partial charge is 0.308 e. The molecule has 1 heterocycles. The number of benzene rings is 2. The van der Waals surface area contributed by atoms with E-state index in [1.54, 1.807) is 36.4 Å². The van der Waals surface area contributed by atoms with Crippen LogP contribution in [0.15, 0.2) is 48.5 Å². The second-order valence-corrected chi connectivity index (χ2v) is 6.47. The van der Waals surface area contributed by atoms with Crippen molar-refractivity contribution in [1.29, 1.82) is 0 Å².